The predicted molar refractivity (Wildman–Crippen MR) is 108 cm³/mol. The maximum atomic E-state index is 12.5. The number of aryl methyl sites for hydroxylation is 1. The van der Waals surface area contributed by atoms with Gasteiger partial charge in [0.2, 0.25) is 5.75 Å². The average molecular weight is 402 g/mol. The first-order valence-electron chi connectivity index (χ1n) is 8.96. The number of hydrazine groups is 1. The van der Waals surface area contributed by atoms with Crippen LogP contribution in [0.15, 0.2) is 30.3 Å². The van der Waals surface area contributed by atoms with Crippen LogP contribution in [0.4, 0.5) is 0 Å². The summed E-state index contributed by atoms with van der Waals surface area (Å²) in [5.74, 6) is 0.425. The fourth-order valence-corrected chi connectivity index (χ4v) is 2.66. The van der Waals surface area contributed by atoms with E-state index in [4.69, 9.17) is 18.9 Å². The van der Waals surface area contributed by atoms with Crippen LogP contribution in [-0.4, -0.2) is 39.2 Å². The van der Waals surface area contributed by atoms with Crippen LogP contribution in [-0.2, 0) is 4.79 Å². The molecular weight excluding hydrogens is 376 g/mol. The van der Waals surface area contributed by atoms with E-state index in [2.05, 4.69) is 10.9 Å². The van der Waals surface area contributed by atoms with Crippen LogP contribution in [0.25, 0.3) is 0 Å². The van der Waals surface area contributed by atoms with Gasteiger partial charge in [-0.3, -0.25) is 20.4 Å². The van der Waals surface area contributed by atoms with Gasteiger partial charge < -0.3 is 18.9 Å². The van der Waals surface area contributed by atoms with Crippen LogP contribution in [0, 0.1) is 13.8 Å². The van der Waals surface area contributed by atoms with E-state index in [9.17, 15) is 9.59 Å². The molecule has 0 radical (unpaired) electrons. The third kappa shape index (κ3) is 4.90. The molecule has 0 aliphatic carbocycles. The zero-order valence-electron chi connectivity index (χ0n) is 17.4. The maximum Gasteiger partial charge on any atom is 0.279 e. The van der Waals surface area contributed by atoms with Crippen molar-refractivity contribution in [2.45, 2.75) is 26.9 Å². The van der Waals surface area contributed by atoms with E-state index in [1.165, 1.54) is 27.4 Å². The van der Waals surface area contributed by atoms with Gasteiger partial charge in [0.25, 0.3) is 11.8 Å². The molecule has 0 unspecified atom stereocenters. The molecule has 0 saturated carbocycles. The van der Waals surface area contributed by atoms with E-state index in [1.54, 1.807) is 19.1 Å². The Morgan fingerprint density at radius 2 is 1.55 bits per heavy atom. The first-order chi connectivity index (χ1) is 13.8. The van der Waals surface area contributed by atoms with Crippen LogP contribution < -0.4 is 29.8 Å². The number of amides is 2. The van der Waals surface area contributed by atoms with Crippen LogP contribution in [0.5, 0.6) is 23.0 Å². The molecule has 29 heavy (non-hydrogen) atoms. The first-order valence-corrected chi connectivity index (χ1v) is 8.96. The second kappa shape index (κ2) is 9.68. The second-order valence-electron chi connectivity index (χ2n) is 6.28. The quantitative estimate of drug-likeness (QED) is 0.691. The van der Waals surface area contributed by atoms with E-state index in [0.29, 0.717) is 11.5 Å². The molecule has 2 aromatic carbocycles. The molecule has 0 aromatic heterocycles. The number of methoxy groups -OCH3 is 3. The van der Waals surface area contributed by atoms with Gasteiger partial charge in [0.15, 0.2) is 17.6 Å². The fraction of sp³-hybridized carbons (Fsp3) is 0.333. The number of benzene rings is 2. The minimum atomic E-state index is -0.817. The van der Waals surface area contributed by atoms with E-state index in [0.717, 1.165) is 11.1 Å². The van der Waals surface area contributed by atoms with Crippen molar-refractivity contribution in [3.8, 4) is 23.0 Å². The lowest BCUT2D eigenvalue weighted by molar-refractivity contribution is -0.128. The largest absolute Gasteiger partial charge is 0.493 e. The lowest BCUT2D eigenvalue weighted by atomic mass is 10.1. The lowest BCUT2D eigenvalue weighted by Crippen LogP contribution is -2.47. The highest BCUT2D eigenvalue weighted by Crippen LogP contribution is 2.39. The summed E-state index contributed by atoms with van der Waals surface area (Å²) in [6.07, 6.45) is -0.817. The molecule has 0 aliphatic heterocycles. The zero-order chi connectivity index (χ0) is 21.6. The Morgan fingerprint density at radius 3 is 2.17 bits per heavy atom. The smallest absolute Gasteiger partial charge is 0.279 e. The molecule has 1 atom stereocenters. The van der Waals surface area contributed by atoms with Crippen molar-refractivity contribution in [1.82, 2.24) is 10.9 Å². The summed E-state index contributed by atoms with van der Waals surface area (Å²) in [6, 6.07) is 8.69. The van der Waals surface area contributed by atoms with Gasteiger partial charge in [0.1, 0.15) is 5.75 Å². The maximum absolute atomic E-state index is 12.5. The molecule has 0 saturated heterocycles. The summed E-state index contributed by atoms with van der Waals surface area (Å²) in [5, 5.41) is 0. The highest BCUT2D eigenvalue weighted by Gasteiger charge is 2.22. The fourth-order valence-electron chi connectivity index (χ4n) is 2.66. The minimum absolute atomic E-state index is 0.175. The Kier molecular flexibility index (Phi) is 7.30. The van der Waals surface area contributed by atoms with Gasteiger partial charge in [-0.25, -0.2) is 0 Å². The Morgan fingerprint density at radius 1 is 0.862 bits per heavy atom. The van der Waals surface area contributed by atoms with Crippen LogP contribution >= 0.6 is 0 Å². The van der Waals surface area contributed by atoms with E-state index in [-0.39, 0.29) is 17.1 Å². The second-order valence-corrected chi connectivity index (χ2v) is 6.28. The van der Waals surface area contributed by atoms with Crippen molar-refractivity contribution in [2.75, 3.05) is 21.3 Å². The molecule has 0 heterocycles. The summed E-state index contributed by atoms with van der Waals surface area (Å²) in [6.45, 7) is 5.48. The first kappa shape index (κ1) is 21.9. The molecule has 0 aliphatic rings. The molecule has 2 N–H and O–H groups in total. The molecule has 0 spiro atoms. The Bertz CT molecular complexity index is 897. The summed E-state index contributed by atoms with van der Waals surface area (Å²) < 4.78 is 21.5. The van der Waals surface area contributed by atoms with E-state index >= 15 is 0 Å². The van der Waals surface area contributed by atoms with Gasteiger partial charge in [-0.05, 0) is 50.1 Å². The third-order valence-electron chi connectivity index (χ3n) is 4.48. The van der Waals surface area contributed by atoms with Crippen LogP contribution in [0.3, 0.4) is 0 Å². The molecular formula is C21H26N2O6. The standard InChI is InChI=1S/C21H26N2O6/c1-12-8-7-9-16(13(12)2)29-14(3)20(24)22-23-21(25)15-10-11-17(26-4)19(28-6)18(15)27-5/h7-11,14H,1-6H3,(H,22,24)(H,23,25)/t14-/m1/s1. The van der Waals surface area contributed by atoms with Gasteiger partial charge in [0.05, 0.1) is 26.9 Å². The van der Waals surface area contributed by atoms with Crippen molar-refractivity contribution < 1.29 is 28.5 Å². The number of hydrogen-bond acceptors (Lipinski definition) is 6. The monoisotopic (exact) mass is 402 g/mol. The zero-order valence-corrected chi connectivity index (χ0v) is 17.4. The van der Waals surface area contributed by atoms with Gasteiger partial charge in [-0.2, -0.15) is 0 Å². The summed E-state index contributed by atoms with van der Waals surface area (Å²) in [7, 11) is 4.33. The molecule has 8 heteroatoms. The van der Waals surface area contributed by atoms with Crippen molar-refractivity contribution in [3.63, 3.8) is 0 Å². The predicted octanol–water partition coefficient (Wildman–Crippen LogP) is 2.56. The number of nitrogens with one attached hydrogen (secondary N) is 2. The summed E-state index contributed by atoms with van der Waals surface area (Å²) in [5.41, 5.74) is 6.91. The van der Waals surface area contributed by atoms with Crippen molar-refractivity contribution in [2.24, 2.45) is 0 Å². The van der Waals surface area contributed by atoms with E-state index in [1.807, 2.05) is 26.0 Å². The number of carbonyl (C=O) groups excluding carboxylic acids is 2. The van der Waals surface area contributed by atoms with Crippen molar-refractivity contribution in [3.05, 3.63) is 47.0 Å². The Hall–Kier alpha value is -3.42. The minimum Gasteiger partial charge on any atom is -0.493 e. The number of ether oxygens (including phenoxy) is 4. The molecule has 0 fully saturated rings. The molecule has 2 aromatic rings. The van der Waals surface area contributed by atoms with Crippen LogP contribution in [0.1, 0.15) is 28.4 Å². The number of carbonyl (C=O) groups is 2. The Balaban J connectivity index is 2.06. The molecule has 2 amide bonds. The third-order valence-corrected chi connectivity index (χ3v) is 4.48. The van der Waals surface area contributed by atoms with Crippen molar-refractivity contribution in [1.29, 1.82) is 0 Å². The van der Waals surface area contributed by atoms with Gasteiger partial charge in [0, 0.05) is 0 Å². The van der Waals surface area contributed by atoms with Gasteiger partial charge >= 0.3 is 0 Å². The van der Waals surface area contributed by atoms with Gasteiger partial charge in [-0.15, -0.1) is 0 Å². The average Bonchev–Trinajstić information content (AvgIpc) is 2.73. The lowest BCUT2D eigenvalue weighted by Gasteiger charge is -2.18. The SMILES string of the molecule is COc1ccc(C(=O)NNC(=O)[C@@H](C)Oc2cccc(C)c2C)c(OC)c1OC. The van der Waals surface area contributed by atoms with Gasteiger partial charge in [-0.1, -0.05) is 12.1 Å². The molecule has 8 nitrogen and oxygen atoms in total. The summed E-state index contributed by atoms with van der Waals surface area (Å²) >= 11 is 0. The number of hydrogen-bond donors (Lipinski definition) is 2. The highest BCUT2D eigenvalue weighted by atomic mass is 16.5. The molecule has 156 valence electrons. The molecule has 0 bridgehead atoms. The normalized spacial score (nSPS) is 11.2. The van der Waals surface area contributed by atoms with Crippen LogP contribution in [0.2, 0.25) is 0 Å². The summed E-state index contributed by atoms with van der Waals surface area (Å²) in [4.78, 5) is 24.9. The number of rotatable bonds is 7. The topological polar surface area (TPSA) is 95.1 Å². The Labute approximate surface area is 170 Å². The van der Waals surface area contributed by atoms with E-state index < -0.39 is 17.9 Å². The molecule has 2 rings (SSSR count). The van der Waals surface area contributed by atoms with Crippen molar-refractivity contribution >= 4 is 11.8 Å². The highest BCUT2D eigenvalue weighted by molar-refractivity contribution is 5.99.